The SMILES string of the molecule is COc1cccc(Br)c1-c1cc(N)on1. The summed E-state index contributed by atoms with van der Waals surface area (Å²) >= 11 is 3.43. The van der Waals surface area contributed by atoms with Gasteiger partial charge in [0.1, 0.15) is 11.4 Å². The van der Waals surface area contributed by atoms with Crippen LogP contribution in [-0.2, 0) is 0 Å². The summed E-state index contributed by atoms with van der Waals surface area (Å²) < 4.78 is 10.9. The van der Waals surface area contributed by atoms with Crippen molar-refractivity contribution >= 4 is 21.8 Å². The minimum atomic E-state index is 0.280. The summed E-state index contributed by atoms with van der Waals surface area (Å²) in [7, 11) is 1.61. The van der Waals surface area contributed by atoms with E-state index in [2.05, 4.69) is 21.1 Å². The summed E-state index contributed by atoms with van der Waals surface area (Å²) in [6.45, 7) is 0. The maximum Gasteiger partial charge on any atom is 0.222 e. The Hall–Kier alpha value is -1.49. The summed E-state index contributed by atoms with van der Waals surface area (Å²) in [4.78, 5) is 0. The molecule has 1 heterocycles. The second-order valence-electron chi connectivity index (χ2n) is 2.93. The molecule has 0 atom stereocenters. The molecule has 1 aromatic heterocycles. The van der Waals surface area contributed by atoms with Gasteiger partial charge in [-0.15, -0.1) is 0 Å². The van der Waals surface area contributed by atoms with Crippen molar-refractivity contribution in [1.82, 2.24) is 5.16 Å². The Balaban J connectivity index is 2.60. The molecular formula is C10H9BrN2O2. The van der Waals surface area contributed by atoms with Gasteiger partial charge in [0, 0.05) is 10.5 Å². The lowest BCUT2D eigenvalue weighted by Crippen LogP contribution is -1.88. The first-order chi connectivity index (χ1) is 7.22. The van der Waals surface area contributed by atoms with Crippen LogP contribution in [0.15, 0.2) is 33.3 Å². The average molecular weight is 269 g/mol. The highest BCUT2D eigenvalue weighted by Crippen LogP contribution is 2.36. The van der Waals surface area contributed by atoms with Gasteiger partial charge in [-0.1, -0.05) is 11.2 Å². The highest BCUT2D eigenvalue weighted by Gasteiger charge is 2.13. The molecule has 0 fully saturated rings. The molecule has 0 saturated heterocycles. The van der Waals surface area contributed by atoms with E-state index >= 15 is 0 Å². The lowest BCUT2D eigenvalue weighted by Gasteiger charge is -2.06. The molecular weight excluding hydrogens is 260 g/mol. The third-order valence-corrected chi connectivity index (χ3v) is 2.64. The van der Waals surface area contributed by atoms with Crippen LogP contribution in [0.5, 0.6) is 5.75 Å². The smallest absolute Gasteiger partial charge is 0.222 e. The normalized spacial score (nSPS) is 10.3. The average Bonchev–Trinajstić information content (AvgIpc) is 2.64. The number of aromatic nitrogens is 1. The van der Waals surface area contributed by atoms with E-state index in [1.54, 1.807) is 13.2 Å². The number of methoxy groups -OCH3 is 1. The molecule has 0 spiro atoms. The molecule has 0 amide bonds. The highest BCUT2D eigenvalue weighted by atomic mass is 79.9. The number of halogens is 1. The van der Waals surface area contributed by atoms with E-state index in [4.69, 9.17) is 15.0 Å². The Kier molecular flexibility index (Phi) is 2.64. The fraction of sp³-hybridized carbons (Fsp3) is 0.100. The molecule has 0 radical (unpaired) electrons. The minimum Gasteiger partial charge on any atom is -0.496 e. The number of benzene rings is 1. The summed E-state index contributed by atoms with van der Waals surface area (Å²) in [5, 5.41) is 3.85. The van der Waals surface area contributed by atoms with Gasteiger partial charge < -0.3 is 15.0 Å². The van der Waals surface area contributed by atoms with E-state index < -0.39 is 0 Å². The van der Waals surface area contributed by atoms with Crippen LogP contribution in [0.2, 0.25) is 0 Å². The number of hydrogen-bond acceptors (Lipinski definition) is 4. The lowest BCUT2D eigenvalue weighted by molar-refractivity contribution is 0.413. The quantitative estimate of drug-likeness (QED) is 0.910. The minimum absolute atomic E-state index is 0.280. The number of ether oxygens (including phenoxy) is 1. The first kappa shape index (κ1) is 10.0. The molecule has 0 saturated carbocycles. The summed E-state index contributed by atoms with van der Waals surface area (Å²) in [5.74, 6) is 1.00. The Morgan fingerprint density at radius 2 is 2.27 bits per heavy atom. The zero-order valence-electron chi connectivity index (χ0n) is 8.03. The molecule has 2 aromatic rings. The largest absolute Gasteiger partial charge is 0.496 e. The van der Waals surface area contributed by atoms with Crippen molar-refractivity contribution < 1.29 is 9.26 Å². The van der Waals surface area contributed by atoms with Gasteiger partial charge in [0.25, 0.3) is 0 Å². The summed E-state index contributed by atoms with van der Waals surface area (Å²) in [6, 6.07) is 7.30. The third-order valence-electron chi connectivity index (χ3n) is 1.98. The van der Waals surface area contributed by atoms with Crippen LogP contribution in [-0.4, -0.2) is 12.3 Å². The van der Waals surface area contributed by atoms with Crippen LogP contribution in [0.25, 0.3) is 11.3 Å². The number of nitrogen functional groups attached to an aromatic ring is 1. The van der Waals surface area contributed by atoms with Gasteiger partial charge in [0.15, 0.2) is 0 Å². The second-order valence-corrected chi connectivity index (χ2v) is 3.79. The van der Waals surface area contributed by atoms with E-state index in [1.807, 2.05) is 18.2 Å². The molecule has 78 valence electrons. The van der Waals surface area contributed by atoms with Gasteiger partial charge in [-0.2, -0.15) is 0 Å². The standard InChI is InChI=1S/C10H9BrN2O2/c1-14-8-4-2-3-6(11)10(8)7-5-9(12)15-13-7/h2-5H,12H2,1H3. The third kappa shape index (κ3) is 1.83. The number of hydrogen-bond donors (Lipinski definition) is 1. The van der Waals surface area contributed by atoms with Gasteiger partial charge in [-0.05, 0) is 28.1 Å². The van der Waals surface area contributed by atoms with Crippen LogP contribution < -0.4 is 10.5 Å². The summed E-state index contributed by atoms with van der Waals surface area (Å²) in [5.41, 5.74) is 6.96. The Morgan fingerprint density at radius 1 is 1.47 bits per heavy atom. The molecule has 0 aliphatic heterocycles. The fourth-order valence-corrected chi connectivity index (χ4v) is 1.88. The zero-order valence-corrected chi connectivity index (χ0v) is 9.61. The molecule has 0 aliphatic rings. The first-order valence-corrected chi connectivity index (χ1v) is 5.06. The lowest BCUT2D eigenvalue weighted by atomic mass is 10.1. The fourth-order valence-electron chi connectivity index (χ4n) is 1.33. The molecule has 5 heteroatoms. The van der Waals surface area contributed by atoms with Gasteiger partial charge in [-0.25, -0.2) is 0 Å². The number of rotatable bonds is 2. The van der Waals surface area contributed by atoms with Crippen LogP contribution in [0.3, 0.4) is 0 Å². The van der Waals surface area contributed by atoms with Crippen molar-refractivity contribution in [2.45, 2.75) is 0 Å². The predicted octanol–water partition coefficient (Wildman–Crippen LogP) is 2.69. The van der Waals surface area contributed by atoms with E-state index in [9.17, 15) is 0 Å². The van der Waals surface area contributed by atoms with E-state index in [1.165, 1.54) is 0 Å². The Bertz CT molecular complexity index is 482. The monoisotopic (exact) mass is 268 g/mol. The van der Waals surface area contributed by atoms with Crippen molar-refractivity contribution in [2.75, 3.05) is 12.8 Å². The molecule has 2 N–H and O–H groups in total. The summed E-state index contributed by atoms with van der Waals surface area (Å²) in [6.07, 6.45) is 0. The van der Waals surface area contributed by atoms with Crippen LogP contribution in [0, 0.1) is 0 Å². The topological polar surface area (TPSA) is 61.3 Å². The molecule has 0 aliphatic carbocycles. The maximum absolute atomic E-state index is 5.47. The molecule has 1 aromatic carbocycles. The molecule has 2 rings (SSSR count). The number of nitrogens with zero attached hydrogens (tertiary/aromatic N) is 1. The van der Waals surface area contributed by atoms with Gasteiger partial charge in [0.2, 0.25) is 5.88 Å². The van der Waals surface area contributed by atoms with Gasteiger partial charge >= 0.3 is 0 Å². The van der Waals surface area contributed by atoms with Gasteiger partial charge in [0.05, 0.1) is 12.7 Å². The molecule has 0 unspecified atom stereocenters. The van der Waals surface area contributed by atoms with E-state index in [-0.39, 0.29) is 5.88 Å². The second kappa shape index (κ2) is 3.94. The first-order valence-electron chi connectivity index (χ1n) is 4.27. The van der Waals surface area contributed by atoms with Crippen molar-refractivity contribution in [2.24, 2.45) is 0 Å². The van der Waals surface area contributed by atoms with Crippen molar-refractivity contribution in [3.8, 4) is 17.0 Å². The van der Waals surface area contributed by atoms with E-state index in [0.29, 0.717) is 5.69 Å². The predicted molar refractivity (Wildman–Crippen MR) is 60.6 cm³/mol. The van der Waals surface area contributed by atoms with Crippen molar-refractivity contribution in [3.05, 3.63) is 28.7 Å². The van der Waals surface area contributed by atoms with Crippen LogP contribution >= 0.6 is 15.9 Å². The van der Waals surface area contributed by atoms with Crippen LogP contribution in [0.4, 0.5) is 5.88 Å². The number of nitrogens with two attached hydrogens (primary N) is 1. The van der Waals surface area contributed by atoms with Crippen molar-refractivity contribution in [3.63, 3.8) is 0 Å². The van der Waals surface area contributed by atoms with Gasteiger partial charge in [-0.3, -0.25) is 0 Å². The molecule has 15 heavy (non-hydrogen) atoms. The molecule has 4 nitrogen and oxygen atoms in total. The Morgan fingerprint density at radius 3 is 2.87 bits per heavy atom. The zero-order chi connectivity index (χ0) is 10.8. The van der Waals surface area contributed by atoms with Crippen LogP contribution in [0.1, 0.15) is 0 Å². The highest BCUT2D eigenvalue weighted by molar-refractivity contribution is 9.10. The van der Waals surface area contributed by atoms with E-state index in [0.717, 1.165) is 15.8 Å². The Labute approximate surface area is 95.1 Å². The van der Waals surface area contributed by atoms with Crippen molar-refractivity contribution in [1.29, 1.82) is 0 Å². The molecule has 0 bridgehead atoms. The maximum atomic E-state index is 5.47. The number of anilines is 1.